The Morgan fingerprint density at radius 3 is 2.12 bits per heavy atom. The molecule has 0 heterocycles. The normalized spacial score (nSPS) is 36.1. The highest BCUT2D eigenvalue weighted by Gasteiger charge is 2.28. The average Bonchev–Trinajstić information content (AvgIpc) is 1.57. The molecule has 0 aromatic carbocycles. The predicted octanol–water partition coefficient (Wildman–Crippen LogP) is 0.829. The molecule has 0 saturated heterocycles. The maximum atomic E-state index is 8.72. The molecule has 0 bridgehead atoms. The van der Waals surface area contributed by atoms with Gasteiger partial charge in [-0.25, -0.2) is 0 Å². The van der Waals surface area contributed by atoms with E-state index in [2.05, 4.69) is 6.58 Å². The summed E-state index contributed by atoms with van der Waals surface area (Å²) in [4.78, 5) is 0. The van der Waals surface area contributed by atoms with Crippen LogP contribution in [0.4, 0.5) is 0 Å². The Morgan fingerprint density at radius 1 is 1.50 bits per heavy atom. The number of aliphatic hydroxyl groups is 2. The first-order valence-electron chi connectivity index (χ1n) is 2.76. The van der Waals surface area contributed by atoms with E-state index in [4.69, 9.17) is 10.2 Å². The molecule has 0 unspecified atom stereocenters. The quantitative estimate of drug-likeness (QED) is 0.496. The number of hydrogen-bond donors (Lipinski definition) is 2. The summed E-state index contributed by atoms with van der Waals surface area (Å²) in [5.41, 5.74) is 0. The first kappa shape index (κ1) is 5.63. The maximum Gasteiger partial charge on any atom is 0.0883 e. The minimum absolute atomic E-state index is 0.171. The van der Waals surface area contributed by atoms with Crippen molar-refractivity contribution < 1.29 is 10.2 Å². The van der Waals surface area contributed by atoms with Gasteiger partial charge in [-0.15, -0.1) is 0 Å². The maximum absolute atomic E-state index is 8.72. The van der Waals surface area contributed by atoms with Gasteiger partial charge in [0.25, 0.3) is 0 Å². The highest BCUT2D eigenvalue weighted by atomic mass is 16.3. The van der Waals surface area contributed by atoms with Gasteiger partial charge in [0, 0.05) is 5.92 Å². The minimum atomic E-state index is -0.191. The lowest BCUT2D eigenvalue weighted by Gasteiger charge is -2.29. The van der Waals surface area contributed by atoms with Gasteiger partial charge < -0.3 is 10.2 Å². The van der Waals surface area contributed by atoms with Gasteiger partial charge in [0.15, 0.2) is 0 Å². The number of allylic oxidation sites excluding steroid dienone is 1. The second-order valence-corrected chi connectivity index (χ2v) is 2.31. The number of hydrogen-bond acceptors (Lipinski definition) is 2. The topological polar surface area (TPSA) is 40.5 Å². The Morgan fingerprint density at radius 2 is 2.00 bits per heavy atom. The Labute approximate surface area is 48.5 Å². The summed E-state index contributed by atoms with van der Waals surface area (Å²) in [6.45, 7) is 3.36. The van der Waals surface area contributed by atoms with Crippen molar-refractivity contribution in [1.29, 1.82) is 0 Å². The van der Waals surface area contributed by atoms with Crippen molar-refractivity contribution in [1.82, 2.24) is 0 Å². The third-order valence-electron chi connectivity index (χ3n) is 1.58. The molecule has 0 aromatic heterocycles. The molecule has 1 fully saturated rings. The van der Waals surface area contributed by atoms with E-state index in [0.29, 0.717) is 12.8 Å². The predicted molar refractivity (Wildman–Crippen MR) is 30.5 cm³/mol. The van der Waals surface area contributed by atoms with E-state index in [0.717, 1.165) is 0 Å². The summed E-state index contributed by atoms with van der Waals surface area (Å²) >= 11 is 0. The number of aliphatic hydroxyl groups excluding tert-OH is 2. The van der Waals surface area contributed by atoms with Crippen molar-refractivity contribution in [3.63, 3.8) is 0 Å². The van der Waals surface area contributed by atoms with E-state index in [1.54, 1.807) is 0 Å². The van der Waals surface area contributed by atoms with Crippen LogP contribution in [0.3, 0.4) is 0 Å². The SMILES string of the molecule is C=C(O)C1CC(O)C1. The fraction of sp³-hybridized carbons (Fsp3) is 0.667. The lowest BCUT2D eigenvalue weighted by Crippen LogP contribution is -2.29. The average molecular weight is 114 g/mol. The molecule has 1 saturated carbocycles. The fourth-order valence-electron chi connectivity index (χ4n) is 0.860. The van der Waals surface area contributed by atoms with Crippen LogP contribution in [0.1, 0.15) is 12.8 Å². The molecule has 2 nitrogen and oxygen atoms in total. The second-order valence-electron chi connectivity index (χ2n) is 2.31. The van der Waals surface area contributed by atoms with Gasteiger partial charge in [0.2, 0.25) is 0 Å². The Balaban J connectivity index is 2.25. The lowest BCUT2D eigenvalue weighted by atomic mass is 9.81. The van der Waals surface area contributed by atoms with Crippen LogP contribution in [0.25, 0.3) is 0 Å². The first-order valence-corrected chi connectivity index (χ1v) is 2.76. The standard InChI is InChI=1S/C6H10O2/c1-4(7)5-2-6(8)3-5/h5-8H,1-3H2. The first-order chi connectivity index (χ1) is 3.70. The van der Waals surface area contributed by atoms with E-state index in [-0.39, 0.29) is 17.8 Å². The van der Waals surface area contributed by atoms with E-state index in [1.807, 2.05) is 0 Å². The summed E-state index contributed by atoms with van der Waals surface area (Å²) in [6.07, 6.45) is 1.19. The van der Waals surface area contributed by atoms with Crippen molar-refractivity contribution in [2.75, 3.05) is 0 Å². The van der Waals surface area contributed by atoms with Gasteiger partial charge in [-0.3, -0.25) is 0 Å². The third-order valence-corrected chi connectivity index (χ3v) is 1.58. The number of rotatable bonds is 1. The van der Waals surface area contributed by atoms with E-state index >= 15 is 0 Å². The van der Waals surface area contributed by atoms with Gasteiger partial charge in [-0.1, -0.05) is 6.58 Å². The smallest absolute Gasteiger partial charge is 0.0883 e. The zero-order chi connectivity index (χ0) is 6.15. The monoisotopic (exact) mass is 114 g/mol. The van der Waals surface area contributed by atoms with Crippen LogP contribution < -0.4 is 0 Å². The van der Waals surface area contributed by atoms with Gasteiger partial charge in [-0.05, 0) is 12.8 Å². The summed E-state index contributed by atoms with van der Waals surface area (Å²) in [6, 6.07) is 0. The van der Waals surface area contributed by atoms with E-state index in [1.165, 1.54) is 0 Å². The van der Waals surface area contributed by atoms with Crippen molar-refractivity contribution >= 4 is 0 Å². The summed E-state index contributed by atoms with van der Waals surface area (Å²) in [7, 11) is 0. The van der Waals surface area contributed by atoms with Crippen LogP contribution in [0, 0.1) is 5.92 Å². The van der Waals surface area contributed by atoms with Gasteiger partial charge in [0.1, 0.15) is 0 Å². The molecule has 1 aliphatic carbocycles. The summed E-state index contributed by atoms with van der Waals surface area (Å²) < 4.78 is 0. The molecular weight excluding hydrogens is 104 g/mol. The Kier molecular flexibility index (Phi) is 1.26. The van der Waals surface area contributed by atoms with E-state index < -0.39 is 0 Å². The van der Waals surface area contributed by atoms with Crippen molar-refractivity contribution in [2.45, 2.75) is 18.9 Å². The molecule has 2 heteroatoms. The molecule has 0 spiro atoms. The molecule has 0 aliphatic heterocycles. The minimum Gasteiger partial charge on any atom is -0.513 e. The van der Waals surface area contributed by atoms with E-state index in [9.17, 15) is 0 Å². The largest absolute Gasteiger partial charge is 0.513 e. The van der Waals surface area contributed by atoms with Crippen molar-refractivity contribution in [2.24, 2.45) is 5.92 Å². The summed E-state index contributed by atoms with van der Waals surface area (Å²) in [5, 5.41) is 17.4. The second kappa shape index (κ2) is 1.78. The fourth-order valence-corrected chi connectivity index (χ4v) is 0.860. The third kappa shape index (κ3) is 0.842. The van der Waals surface area contributed by atoms with Gasteiger partial charge in [0.05, 0.1) is 11.9 Å². The van der Waals surface area contributed by atoms with Crippen LogP contribution in [0.5, 0.6) is 0 Å². The molecule has 46 valence electrons. The molecule has 0 atom stereocenters. The molecule has 0 amide bonds. The molecule has 1 aliphatic rings. The molecule has 2 N–H and O–H groups in total. The lowest BCUT2D eigenvalue weighted by molar-refractivity contribution is 0.0411. The van der Waals surface area contributed by atoms with Crippen LogP contribution in [0.15, 0.2) is 12.3 Å². The van der Waals surface area contributed by atoms with Crippen LogP contribution in [-0.4, -0.2) is 16.3 Å². The van der Waals surface area contributed by atoms with Crippen LogP contribution >= 0.6 is 0 Å². The Bertz CT molecular complexity index is 103. The zero-order valence-electron chi connectivity index (χ0n) is 4.67. The zero-order valence-corrected chi connectivity index (χ0v) is 4.67. The van der Waals surface area contributed by atoms with Gasteiger partial charge >= 0.3 is 0 Å². The van der Waals surface area contributed by atoms with Crippen LogP contribution in [-0.2, 0) is 0 Å². The van der Waals surface area contributed by atoms with Crippen molar-refractivity contribution in [3.05, 3.63) is 12.3 Å². The molecule has 8 heavy (non-hydrogen) atoms. The van der Waals surface area contributed by atoms with Crippen LogP contribution in [0.2, 0.25) is 0 Å². The van der Waals surface area contributed by atoms with Crippen molar-refractivity contribution in [3.8, 4) is 0 Å². The highest BCUT2D eigenvalue weighted by Crippen LogP contribution is 2.30. The molecular formula is C6H10O2. The van der Waals surface area contributed by atoms with Gasteiger partial charge in [-0.2, -0.15) is 0 Å². The molecule has 0 aromatic rings. The molecule has 1 rings (SSSR count). The molecule has 0 radical (unpaired) electrons. The highest BCUT2D eigenvalue weighted by molar-refractivity contribution is 4.97. The summed E-state index contributed by atoms with van der Waals surface area (Å²) in [5.74, 6) is 0.389. The Hall–Kier alpha value is -0.500.